The third-order valence-electron chi connectivity index (χ3n) is 11.2. The van der Waals surface area contributed by atoms with E-state index in [1.165, 1.54) is 64.2 Å². The van der Waals surface area contributed by atoms with Crippen LogP contribution in [0.1, 0.15) is 103 Å². The van der Waals surface area contributed by atoms with Crippen LogP contribution < -0.4 is 0 Å². The first kappa shape index (κ1) is 24.1. The summed E-state index contributed by atoms with van der Waals surface area (Å²) in [5.74, 6) is 4.32. The van der Waals surface area contributed by atoms with Crippen LogP contribution in [0.25, 0.3) is 0 Å². The molecule has 0 heterocycles. The molecule has 4 aliphatic rings. The summed E-state index contributed by atoms with van der Waals surface area (Å²) in [5.41, 5.74) is 3.90. The molecule has 34 heavy (non-hydrogen) atoms. The first-order chi connectivity index (χ1) is 16.5. The van der Waals surface area contributed by atoms with Crippen LogP contribution in [0.2, 0.25) is 0 Å². The van der Waals surface area contributed by atoms with Gasteiger partial charge in [0, 0.05) is 6.42 Å². The predicted molar refractivity (Wildman–Crippen MR) is 139 cm³/mol. The average molecular weight is 463 g/mol. The molecular formula is C32H46O2. The number of allylic oxidation sites excluding steroid dienone is 2. The van der Waals surface area contributed by atoms with Gasteiger partial charge in [0.1, 0.15) is 6.61 Å². The maximum absolute atomic E-state index is 12.4. The third kappa shape index (κ3) is 4.28. The molecule has 0 saturated heterocycles. The van der Waals surface area contributed by atoms with E-state index in [1.807, 2.05) is 30.3 Å². The van der Waals surface area contributed by atoms with Gasteiger partial charge in [0.25, 0.3) is 0 Å². The monoisotopic (exact) mass is 462 g/mol. The standard InChI is InChI=1S/C32H46O2/c1-4-24-21-26-28-17-16-25(13-10-15-30(33)34-22-23-11-6-5-7-12-23)31(28,2)20-18-29(26)32(3)19-9-8-14-27(24)32/h4-7,11-12,25-29H,8-10,13-22H2,1-3H3/b24-4-/t25?,26-,27-,28?,29?,31+,32-/m0/s1. The Balaban J connectivity index is 1.19. The van der Waals surface area contributed by atoms with E-state index in [2.05, 4.69) is 26.8 Å². The molecule has 1 aromatic carbocycles. The molecule has 3 unspecified atom stereocenters. The number of hydrogen-bond acceptors (Lipinski definition) is 2. The third-order valence-corrected chi connectivity index (χ3v) is 11.2. The van der Waals surface area contributed by atoms with Crippen LogP contribution in [-0.2, 0) is 16.1 Å². The fourth-order valence-electron chi connectivity index (χ4n) is 9.42. The van der Waals surface area contributed by atoms with Crippen molar-refractivity contribution in [2.45, 2.75) is 104 Å². The number of esters is 1. The molecule has 0 radical (unpaired) electrons. The Morgan fingerprint density at radius 1 is 1.00 bits per heavy atom. The normalized spacial score (nSPS) is 40.3. The van der Waals surface area contributed by atoms with Crippen LogP contribution >= 0.6 is 0 Å². The Morgan fingerprint density at radius 3 is 2.59 bits per heavy atom. The average Bonchev–Trinajstić information content (AvgIpc) is 3.19. The molecule has 0 spiro atoms. The van der Waals surface area contributed by atoms with Gasteiger partial charge < -0.3 is 4.74 Å². The number of carbonyl (C=O) groups excluding carboxylic acids is 1. The second kappa shape index (κ2) is 9.82. The van der Waals surface area contributed by atoms with E-state index in [1.54, 1.807) is 5.57 Å². The molecule has 0 N–H and O–H groups in total. The molecule has 0 amide bonds. The number of hydrogen-bond donors (Lipinski definition) is 0. The summed E-state index contributed by atoms with van der Waals surface area (Å²) in [6, 6.07) is 10.0. The molecule has 0 bridgehead atoms. The lowest BCUT2D eigenvalue weighted by Gasteiger charge is -2.61. The molecule has 186 valence electrons. The van der Waals surface area contributed by atoms with Crippen LogP contribution in [0.3, 0.4) is 0 Å². The maximum Gasteiger partial charge on any atom is 0.306 e. The molecule has 5 rings (SSSR count). The van der Waals surface area contributed by atoms with Gasteiger partial charge >= 0.3 is 5.97 Å². The fourth-order valence-corrected chi connectivity index (χ4v) is 9.42. The highest BCUT2D eigenvalue weighted by molar-refractivity contribution is 5.69. The van der Waals surface area contributed by atoms with Crippen molar-refractivity contribution in [3.63, 3.8) is 0 Å². The Bertz CT molecular complexity index is 888. The summed E-state index contributed by atoms with van der Waals surface area (Å²) in [7, 11) is 0. The van der Waals surface area contributed by atoms with E-state index in [-0.39, 0.29) is 5.97 Å². The molecule has 0 aromatic heterocycles. The number of ether oxygens (including phenoxy) is 1. The first-order valence-electron chi connectivity index (χ1n) is 14.3. The van der Waals surface area contributed by atoms with Crippen molar-refractivity contribution in [2.24, 2.45) is 40.4 Å². The van der Waals surface area contributed by atoms with E-state index in [0.29, 0.717) is 23.9 Å². The topological polar surface area (TPSA) is 26.3 Å². The van der Waals surface area contributed by atoms with E-state index in [0.717, 1.165) is 41.6 Å². The molecule has 7 atom stereocenters. The van der Waals surface area contributed by atoms with Crippen molar-refractivity contribution in [1.29, 1.82) is 0 Å². The lowest BCUT2D eigenvalue weighted by molar-refractivity contribution is -0.145. The molecule has 2 nitrogen and oxygen atoms in total. The van der Waals surface area contributed by atoms with Gasteiger partial charge in [-0.15, -0.1) is 0 Å². The van der Waals surface area contributed by atoms with Gasteiger partial charge in [-0.05, 0) is 111 Å². The summed E-state index contributed by atoms with van der Waals surface area (Å²) in [6.07, 6.45) is 18.0. The molecule has 4 saturated carbocycles. The zero-order valence-corrected chi connectivity index (χ0v) is 21.9. The van der Waals surface area contributed by atoms with E-state index < -0.39 is 0 Å². The zero-order chi connectivity index (χ0) is 23.8. The maximum atomic E-state index is 12.4. The summed E-state index contributed by atoms with van der Waals surface area (Å²) in [5, 5.41) is 0. The van der Waals surface area contributed by atoms with Gasteiger partial charge in [0.15, 0.2) is 0 Å². The number of fused-ring (bicyclic) bond motifs is 5. The highest BCUT2D eigenvalue weighted by atomic mass is 16.5. The van der Waals surface area contributed by atoms with Crippen molar-refractivity contribution in [2.75, 3.05) is 0 Å². The molecule has 0 aliphatic heterocycles. The number of benzene rings is 1. The highest BCUT2D eigenvalue weighted by Gasteiger charge is 2.60. The van der Waals surface area contributed by atoms with Crippen LogP contribution in [0.5, 0.6) is 0 Å². The van der Waals surface area contributed by atoms with Crippen molar-refractivity contribution < 1.29 is 9.53 Å². The minimum atomic E-state index is -0.0338. The molecule has 1 aromatic rings. The van der Waals surface area contributed by atoms with Gasteiger partial charge in [-0.1, -0.05) is 68.7 Å². The van der Waals surface area contributed by atoms with Gasteiger partial charge in [-0.2, -0.15) is 0 Å². The SMILES string of the molecule is C/C=C1/C[C@H]2C3CCC(CCCC(=O)OCc4ccccc4)[C@@]3(C)CCC2[C@@]2(C)CCCC[C@@H]12. The number of rotatable bonds is 6. The fraction of sp³-hybridized carbons (Fsp3) is 0.719. The molecular weight excluding hydrogens is 416 g/mol. The second-order valence-corrected chi connectivity index (χ2v) is 12.6. The number of carbonyl (C=O) groups is 1. The Hall–Kier alpha value is -1.57. The van der Waals surface area contributed by atoms with E-state index in [4.69, 9.17) is 4.74 Å². The van der Waals surface area contributed by atoms with E-state index in [9.17, 15) is 4.79 Å². The summed E-state index contributed by atoms with van der Waals surface area (Å²) >= 11 is 0. The van der Waals surface area contributed by atoms with Gasteiger partial charge in [-0.25, -0.2) is 0 Å². The Morgan fingerprint density at radius 2 is 1.79 bits per heavy atom. The summed E-state index contributed by atoms with van der Waals surface area (Å²) < 4.78 is 5.54. The first-order valence-corrected chi connectivity index (χ1v) is 14.3. The zero-order valence-electron chi connectivity index (χ0n) is 21.9. The quantitative estimate of drug-likeness (QED) is 0.313. The van der Waals surface area contributed by atoms with Gasteiger partial charge in [0.05, 0.1) is 0 Å². The summed E-state index contributed by atoms with van der Waals surface area (Å²) in [4.78, 5) is 12.4. The smallest absolute Gasteiger partial charge is 0.306 e. The molecule has 4 aliphatic carbocycles. The predicted octanol–water partition coefficient (Wildman–Crippen LogP) is 8.51. The largest absolute Gasteiger partial charge is 0.461 e. The second-order valence-electron chi connectivity index (χ2n) is 12.6. The van der Waals surface area contributed by atoms with Crippen LogP contribution in [0.4, 0.5) is 0 Å². The van der Waals surface area contributed by atoms with Crippen LogP contribution in [-0.4, -0.2) is 5.97 Å². The van der Waals surface area contributed by atoms with Crippen molar-refractivity contribution >= 4 is 5.97 Å². The highest BCUT2D eigenvalue weighted by Crippen LogP contribution is 2.68. The van der Waals surface area contributed by atoms with E-state index >= 15 is 0 Å². The van der Waals surface area contributed by atoms with Gasteiger partial charge in [-0.3, -0.25) is 4.79 Å². The van der Waals surface area contributed by atoms with Crippen molar-refractivity contribution in [3.05, 3.63) is 47.5 Å². The van der Waals surface area contributed by atoms with Crippen molar-refractivity contribution in [1.82, 2.24) is 0 Å². The Labute approximate surface area is 207 Å². The van der Waals surface area contributed by atoms with Crippen LogP contribution in [0.15, 0.2) is 42.0 Å². The van der Waals surface area contributed by atoms with Crippen LogP contribution in [0, 0.1) is 40.4 Å². The lowest BCUT2D eigenvalue weighted by Crippen LogP contribution is -2.53. The molecule has 4 fully saturated rings. The lowest BCUT2D eigenvalue weighted by atomic mass is 9.44. The Kier molecular flexibility index (Phi) is 6.97. The summed E-state index contributed by atoms with van der Waals surface area (Å²) in [6.45, 7) is 8.01. The minimum absolute atomic E-state index is 0.0338. The van der Waals surface area contributed by atoms with Crippen molar-refractivity contribution in [3.8, 4) is 0 Å². The molecule has 2 heteroatoms. The van der Waals surface area contributed by atoms with Gasteiger partial charge in [0.2, 0.25) is 0 Å². The minimum Gasteiger partial charge on any atom is -0.461 e.